The number of carbonyl (C=O) groups is 1. The number of rotatable bonds is 6. The number of anilines is 1. The van der Waals surface area contributed by atoms with E-state index in [1.165, 1.54) is 0 Å². The van der Waals surface area contributed by atoms with Crippen molar-refractivity contribution in [1.82, 2.24) is 4.98 Å². The van der Waals surface area contributed by atoms with Gasteiger partial charge in [0.2, 0.25) is 5.91 Å². The van der Waals surface area contributed by atoms with Crippen LogP contribution in [-0.2, 0) is 4.79 Å². The molecule has 2 aromatic carbocycles. The molecule has 1 aromatic heterocycles. The number of hydrogen-bond donors (Lipinski definition) is 1. The maximum atomic E-state index is 12.0. The van der Waals surface area contributed by atoms with Crippen molar-refractivity contribution in [1.29, 1.82) is 0 Å². The predicted octanol–water partition coefficient (Wildman–Crippen LogP) is 5.18. The Morgan fingerprint density at radius 3 is 2.52 bits per heavy atom. The van der Waals surface area contributed by atoms with Gasteiger partial charge in [-0.3, -0.25) is 4.79 Å². The molecule has 0 aliphatic heterocycles. The topological polar surface area (TPSA) is 51.2 Å². The lowest BCUT2D eigenvalue weighted by Gasteiger charge is -2.08. The van der Waals surface area contributed by atoms with Crippen LogP contribution in [0, 0.1) is 6.92 Å². The molecule has 1 heterocycles. The fourth-order valence-electron chi connectivity index (χ4n) is 2.24. The number of aromatic nitrogens is 1. The summed E-state index contributed by atoms with van der Waals surface area (Å²) in [7, 11) is 0. The summed E-state index contributed by atoms with van der Waals surface area (Å²) in [5.41, 5.74) is 2.75. The summed E-state index contributed by atoms with van der Waals surface area (Å²) in [6, 6.07) is 14.7. The number of nitrogens with one attached hydrogen (secondary N) is 1. The molecular formula is C19H17ClN2O2S. The van der Waals surface area contributed by atoms with Gasteiger partial charge in [0.25, 0.3) is 0 Å². The number of nitrogens with zero attached hydrogens (tertiary/aromatic N) is 1. The smallest absolute Gasteiger partial charge is 0.227 e. The molecule has 25 heavy (non-hydrogen) atoms. The Bertz CT molecular complexity index is 845. The van der Waals surface area contributed by atoms with E-state index in [2.05, 4.69) is 10.3 Å². The Labute approximate surface area is 155 Å². The number of halogens is 1. The van der Waals surface area contributed by atoms with E-state index >= 15 is 0 Å². The first-order valence-corrected chi connectivity index (χ1v) is 9.07. The van der Waals surface area contributed by atoms with Crippen LogP contribution in [0.1, 0.15) is 11.4 Å². The molecule has 0 aliphatic rings. The number of ether oxygens (including phenoxy) is 1. The van der Waals surface area contributed by atoms with Gasteiger partial charge in [-0.15, -0.1) is 11.3 Å². The van der Waals surface area contributed by atoms with Crippen LogP contribution in [0.4, 0.5) is 5.69 Å². The Morgan fingerprint density at radius 2 is 1.88 bits per heavy atom. The van der Waals surface area contributed by atoms with E-state index in [1.807, 2.05) is 36.6 Å². The lowest BCUT2D eigenvalue weighted by Crippen LogP contribution is -2.15. The molecule has 0 bridgehead atoms. The fraction of sp³-hybridized carbons (Fsp3) is 0.158. The highest BCUT2D eigenvalue weighted by Gasteiger charge is 2.05. The van der Waals surface area contributed by atoms with Gasteiger partial charge in [-0.25, -0.2) is 4.98 Å². The summed E-state index contributed by atoms with van der Waals surface area (Å²) < 4.78 is 5.52. The fourth-order valence-corrected chi connectivity index (χ4v) is 2.98. The average molecular weight is 373 g/mol. The second-order valence-corrected chi connectivity index (χ2v) is 6.93. The summed E-state index contributed by atoms with van der Waals surface area (Å²) in [4.78, 5) is 16.4. The molecule has 1 amide bonds. The zero-order valence-corrected chi connectivity index (χ0v) is 15.2. The standard InChI is InChI=1S/C19H17ClN2O2S/c1-13-21-18(12-25-13)14-2-6-16(7-3-14)22-19(23)10-11-24-17-8-4-15(20)5-9-17/h2-9,12H,10-11H2,1H3,(H,22,23). The van der Waals surface area contributed by atoms with Crippen LogP contribution in [0.5, 0.6) is 5.75 Å². The molecule has 0 aliphatic carbocycles. The van der Waals surface area contributed by atoms with Crippen LogP contribution in [0.15, 0.2) is 53.9 Å². The molecular weight excluding hydrogens is 356 g/mol. The Balaban J connectivity index is 1.48. The van der Waals surface area contributed by atoms with Crippen LogP contribution in [0.2, 0.25) is 5.02 Å². The molecule has 0 fully saturated rings. The first-order chi connectivity index (χ1) is 12.1. The molecule has 4 nitrogen and oxygen atoms in total. The largest absolute Gasteiger partial charge is 0.493 e. The third-order valence-corrected chi connectivity index (χ3v) is 4.52. The van der Waals surface area contributed by atoms with Gasteiger partial charge in [-0.2, -0.15) is 0 Å². The Morgan fingerprint density at radius 1 is 1.16 bits per heavy atom. The van der Waals surface area contributed by atoms with E-state index < -0.39 is 0 Å². The minimum atomic E-state index is -0.0915. The van der Waals surface area contributed by atoms with Gasteiger partial charge in [-0.1, -0.05) is 23.7 Å². The molecule has 0 spiro atoms. The van der Waals surface area contributed by atoms with E-state index in [0.717, 1.165) is 22.0 Å². The molecule has 6 heteroatoms. The van der Waals surface area contributed by atoms with Gasteiger partial charge >= 0.3 is 0 Å². The van der Waals surface area contributed by atoms with Crippen molar-refractivity contribution in [3.63, 3.8) is 0 Å². The molecule has 0 saturated carbocycles. The van der Waals surface area contributed by atoms with Crippen LogP contribution in [-0.4, -0.2) is 17.5 Å². The monoisotopic (exact) mass is 372 g/mol. The summed E-state index contributed by atoms with van der Waals surface area (Å²) in [6.45, 7) is 2.29. The van der Waals surface area contributed by atoms with Gasteiger partial charge in [-0.05, 0) is 43.3 Å². The maximum Gasteiger partial charge on any atom is 0.227 e. The lowest BCUT2D eigenvalue weighted by molar-refractivity contribution is -0.116. The number of benzene rings is 2. The molecule has 3 rings (SSSR count). The third kappa shape index (κ3) is 5.05. The van der Waals surface area contributed by atoms with E-state index in [-0.39, 0.29) is 12.3 Å². The molecule has 0 atom stereocenters. The number of amides is 1. The summed E-state index contributed by atoms with van der Waals surface area (Å²) in [5, 5.41) is 6.58. The quantitative estimate of drug-likeness (QED) is 0.648. The van der Waals surface area contributed by atoms with Gasteiger partial charge in [0.1, 0.15) is 5.75 Å². The molecule has 128 valence electrons. The number of carbonyl (C=O) groups excluding carboxylic acids is 1. The summed E-state index contributed by atoms with van der Waals surface area (Å²) in [5.74, 6) is 0.603. The Hall–Kier alpha value is -2.37. The Kier molecular flexibility index (Phi) is 5.68. The number of aryl methyl sites for hydroxylation is 1. The van der Waals surface area contributed by atoms with Gasteiger partial charge in [0.15, 0.2) is 0 Å². The summed E-state index contributed by atoms with van der Waals surface area (Å²) >= 11 is 7.43. The van der Waals surface area contributed by atoms with E-state index in [0.29, 0.717) is 17.4 Å². The highest BCUT2D eigenvalue weighted by atomic mass is 35.5. The minimum Gasteiger partial charge on any atom is -0.493 e. The average Bonchev–Trinajstić information content (AvgIpc) is 3.04. The highest BCUT2D eigenvalue weighted by molar-refractivity contribution is 7.09. The summed E-state index contributed by atoms with van der Waals surface area (Å²) in [6.07, 6.45) is 0.273. The van der Waals surface area contributed by atoms with Crippen LogP contribution in [0.3, 0.4) is 0 Å². The normalized spacial score (nSPS) is 10.5. The minimum absolute atomic E-state index is 0.0915. The van der Waals surface area contributed by atoms with Crippen molar-refractivity contribution in [2.45, 2.75) is 13.3 Å². The predicted molar refractivity (Wildman–Crippen MR) is 102 cm³/mol. The van der Waals surface area contributed by atoms with Gasteiger partial charge in [0, 0.05) is 21.7 Å². The number of thiazole rings is 1. The SMILES string of the molecule is Cc1nc(-c2ccc(NC(=O)CCOc3ccc(Cl)cc3)cc2)cs1. The third-order valence-electron chi connectivity index (χ3n) is 3.49. The van der Waals surface area contributed by atoms with Crippen molar-refractivity contribution < 1.29 is 9.53 Å². The lowest BCUT2D eigenvalue weighted by atomic mass is 10.1. The van der Waals surface area contributed by atoms with Crippen molar-refractivity contribution in [3.8, 4) is 17.0 Å². The van der Waals surface area contributed by atoms with Gasteiger partial charge < -0.3 is 10.1 Å². The first-order valence-electron chi connectivity index (χ1n) is 7.81. The molecule has 0 saturated heterocycles. The van der Waals surface area contributed by atoms with E-state index in [4.69, 9.17) is 16.3 Å². The zero-order chi connectivity index (χ0) is 17.6. The van der Waals surface area contributed by atoms with Crippen molar-refractivity contribution >= 4 is 34.5 Å². The van der Waals surface area contributed by atoms with Crippen LogP contribution in [0.25, 0.3) is 11.3 Å². The maximum absolute atomic E-state index is 12.0. The van der Waals surface area contributed by atoms with E-state index in [1.54, 1.807) is 35.6 Å². The second-order valence-electron chi connectivity index (χ2n) is 5.43. The first kappa shape index (κ1) is 17.5. The number of hydrogen-bond acceptors (Lipinski definition) is 4. The molecule has 0 unspecified atom stereocenters. The zero-order valence-electron chi connectivity index (χ0n) is 13.7. The molecule has 0 radical (unpaired) electrons. The van der Waals surface area contributed by atoms with Crippen molar-refractivity contribution in [2.75, 3.05) is 11.9 Å². The van der Waals surface area contributed by atoms with E-state index in [9.17, 15) is 4.79 Å². The molecule has 1 N–H and O–H groups in total. The second kappa shape index (κ2) is 8.14. The van der Waals surface area contributed by atoms with Crippen LogP contribution < -0.4 is 10.1 Å². The van der Waals surface area contributed by atoms with Crippen LogP contribution >= 0.6 is 22.9 Å². The van der Waals surface area contributed by atoms with Crippen molar-refractivity contribution in [3.05, 3.63) is 63.9 Å². The van der Waals surface area contributed by atoms with Crippen molar-refractivity contribution in [2.24, 2.45) is 0 Å². The van der Waals surface area contributed by atoms with Gasteiger partial charge in [0.05, 0.1) is 23.7 Å². The molecule has 3 aromatic rings. The highest BCUT2D eigenvalue weighted by Crippen LogP contribution is 2.23.